The number of dihydropyridines is 1. The molecule has 7 aromatic rings. The molecule has 1 aliphatic heterocycles. The first-order valence-electron chi connectivity index (χ1n) is 16.1. The van der Waals surface area contributed by atoms with Gasteiger partial charge in [-0.1, -0.05) is 142 Å². The first-order chi connectivity index (χ1) is 23.2. The molecule has 3 nitrogen and oxygen atoms in total. The van der Waals surface area contributed by atoms with Gasteiger partial charge in [0, 0.05) is 27.8 Å². The molecule has 1 aliphatic rings. The van der Waals surface area contributed by atoms with Crippen LogP contribution in [0.5, 0.6) is 0 Å². The van der Waals surface area contributed by atoms with Crippen molar-refractivity contribution >= 4 is 55.1 Å². The number of nitrogens with zero attached hydrogens (tertiary/aromatic N) is 1. The number of rotatable bonds is 6. The van der Waals surface area contributed by atoms with Crippen LogP contribution in [0.4, 0.5) is 0 Å². The van der Waals surface area contributed by atoms with Gasteiger partial charge >= 0.3 is 0 Å². The highest BCUT2D eigenvalue weighted by atomic mass is 15.0. The second kappa shape index (κ2) is 12.7. The molecule has 1 unspecified atom stereocenters. The summed E-state index contributed by atoms with van der Waals surface area (Å²) in [4.78, 5) is 0. The molecule has 3 heteroatoms. The fourth-order valence-electron chi connectivity index (χ4n) is 6.56. The van der Waals surface area contributed by atoms with Gasteiger partial charge in [0.25, 0.3) is 0 Å². The zero-order chi connectivity index (χ0) is 32.3. The van der Waals surface area contributed by atoms with Gasteiger partial charge in [-0.3, -0.25) is 0 Å². The van der Waals surface area contributed by atoms with Crippen molar-refractivity contribution < 1.29 is 0 Å². The van der Waals surface area contributed by atoms with E-state index in [1.54, 1.807) is 6.08 Å². The highest BCUT2D eigenvalue weighted by Crippen LogP contribution is 2.39. The fourth-order valence-corrected chi connectivity index (χ4v) is 6.56. The molecule has 0 aliphatic carbocycles. The van der Waals surface area contributed by atoms with E-state index in [-0.39, 0.29) is 6.04 Å². The molecule has 0 radical (unpaired) electrons. The molecule has 8 rings (SSSR count). The van der Waals surface area contributed by atoms with E-state index in [1.807, 2.05) is 32.2 Å². The first kappa shape index (κ1) is 29.6. The largest absolute Gasteiger partial charge is 0.381 e. The average molecular weight is 606 g/mol. The average Bonchev–Trinajstić information content (AvgIpc) is 3.48. The molecule has 1 atom stereocenters. The predicted octanol–water partition coefficient (Wildman–Crippen LogP) is 11.3. The molecule has 47 heavy (non-hydrogen) atoms. The third kappa shape index (κ3) is 5.21. The van der Waals surface area contributed by atoms with Crippen molar-refractivity contribution in [2.45, 2.75) is 19.9 Å². The normalized spacial score (nSPS) is 14.1. The summed E-state index contributed by atoms with van der Waals surface area (Å²) in [6.45, 7) is 7.77. The number of fused-ring (bicyclic) bond motifs is 6. The Hall–Kier alpha value is -6.11. The van der Waals surface area contributed by atoms with Gasteiger partial charge in [-0.05, 0) is 63.7 Å². The van der Waals surface area contributed by atoms with Crippen LogP contribution < -0.4 is 5.32 Å². The number of aromatic nitrogens is 1. The van der Waals surface area contributed by atoms with Gasteiger partial charge in [0.1, 0.15) is 0 Å². The molecule has 226 valence electrons. The second-order valence-corrected chi connectivity index (χ2v) is 11.3. The lowest BCUT2D eigenvalue weighted by atomic mass is 9.98. The highest BCUT2D eigenvalue weighted by Gasteiger charge is 2.19. The fraction of sp³-hybridized carbons (Fsp3) is 0.0682. The molecule has 0 bridgehead atoms. The third-order valence-electron chi connectivity index (χ3n) is 8.75. The van der Waals surface area contributed by atoms with Crippen molar-refractivity contribution in [3.8, 4) is 16.8 Å². The minimum Gasteiger partial charge on any atom is -0.381 e. The summed E-state index contributed by atoms with van der Waals surface area (Å²) in [5.74, 6) is 0. The summed E-state index contributed by atoms with van der Waals surface area (Å²) < 4.78 is 2.42. The maximum absolute atomic E-state index is 7.74. The lowest BCUT2D eigenvalue weighted by molar-refractivity contribution is 0.747. The van der Waals surface area contributed by atoms with Crippen LogP contribution in [0.3, 0.4) is 0 Å². The molecule has 0 saturated heterocycles. The zero-order valence-electron chi connectivity index (χ0n) is 26.6. The summed E-state index contributed by atoms with van der Waals surface area (Å²) in [6.07, 6.45) is 13.2. The van der Waals surface area contributed by atoms with Crippen LogP contribution in [0.15, 0.2) is 146 Å². The van der Waals surface area contributed by atoms with Gasteiger partial charge in [-0.25, -0.2) is 0 Å². The molecule has 1 aromatic heterocycles. The number of hydrogen-bond donors (Lipinski definition) is 2. The van der Waals surface area contributed by atoms with Gasteiger partial charge in [0.15, 0.2) is 0 Å². The lowest BCUT2D eigenvalue weighted by Gasteiger charge is -2.17. The van der Waals surface area contributed by atoms with E-state index < -0.39 is 0 Å². The highest BCUT2D eigenvalue weighted by molar-refractivity contribution is 6.18. The molecule has 2 heterocycles. The van der Waals surface area contributed by atoms with E-state index in [1.165, 1.54) is 22.6 Å². The van der Waals surface area contributed by atoms with E-state index in [0.29, 0.717) is 0 Å². The summed E-state index contributed by atoms with van der Waals surface area (Å²) in [5.41, 5.74) is 8.68. The summed E-state index contributed by atoms with van der Waals surface area (Å²) >= 11 is 0. The van der Waals surface area contributed by atoms with Crippen molar-refractivity contribution in [2.24, 2.45) is 0 Å². The zero-order valence-corrected chi connectivity index (χ0v) is 26.6. The quantitative estimate of drug-likeness (QED) is 0.144. The van der Waals surface area contributed by atoms with Crippen LogP contribution in [0.2, 0.25) is 0 Å². The first-order valence-corrected chi connectivity index (χ1v) is 16.1. The molecule has 0 spiro atoms. The second-order valence-electron chi connectivity index (χ2n) is 11.3. The Morgan fingerprint density at radius 3 is 2.38 bits per heavy atom. The Bertz CT molecular complexity index is 2380. The Labute approximate surface area is 276 Å². The van der Waals surface area contributed by atoms with E-state index >= 15 is 0 Å². The summed E-state index contributed by atoms with van der Waals surface area (Å²) in [7, 11) is 0. The third-order valence-corrected chi connectivity index (χ3v) is 8.75. The summed E-state index contributed by atoms with van der Waals surface area (Å²) in [6, 6.07) is 44.0. The van der Waals surface area contributed by atoms with Gasteiger partial charge < -0.3 is 15.3 Å². The molecule has 0 fully saturated rings. The monoisotopic (exact) mass is 605 g/mol. The van der Waals surface area contributed by atoms with Crippen molar-refractivity contribution in [2.75, 3.05) is 0 Å². The molecule has 6 aromatic carbocycles. The van der Waals surface area contributed by atoms with Gasteiger partial charge in [0.2, 0.25) is 0 Å². The van der Waals surface area contributed by atoms with Crippen molar-refractivity contribution in [3.63, 3.8) is 0 Å². The van der Waals surface area contributed by atoms with E-state index in [0.717, 1.165) is 60.5 Å². The van der Waals surface area contributed by atoms with Gasteiger partial charge in [-0.2, -0.15) is 0 Å². The molecule has 2 N–H and O–H groups in total. The van der Waals surface area contributed by atoms with E-state index in [2.05, 4.69) is 144 Å². The minimum atomic E-state index is 0.113. The van der Waals surface area contributed by atoms with Gasteiger partial charge in [0.05, 0.1) is 28.1 Å². The van der Waals surface area contributed by atoms with Crippen molar-refractivity contribution in [1.82, 2.24) is 9.88 Å². The number of nitrogens with one attached hydrogen (secondary N) is 2. The Morgan fingerprint density at radius 1 is 0.809 bits per heavy atom. The van der Waals surface area contributed by atoms with E-state index in [4.69, 9.17) is 5.41 Å². The van der Waals surface area contributed by atoms with Crippen LogP contribution >= 0.6 is 0 Å². The minimum absolute atomic E-state index is 0.113. The lowest BCUT2D eigenvalue weighted by Crippen LogP contribution is -2.14. The SMILES string of the molecule is C=C/C=C(\C=N)c1ccc(-c2ccc3c(c#cc4c5ccc(C6C=CC=CN6)cc5n(-c5cccc6ccccc56)c43)c2)cc1.CC. The molecule has 0 amide bonds. The Kier molecular flexibility index (Phi) is 8.00. The van der Waals surface area contributed by atoms with E-state index in [9.17, 15) is 0 Å². The topological polar surface area (TPSA) is 40.8 Å². The van der Waals surface area contributed by atoms with Crippen LogP contribution in [-0.4, -0.2) is 10.8 Å². The number of benzene rings is 5. The number of allylic oxidation sites excluding steroid dienone is 5. The van der Waals surface area contributed by atoms with Crippen LogP contribution in [-0.2, 0) is 0 Å². The van der Waals surface area contributed by atoms with Crippen LogP contribution in [0.25, 0.3) is 65.7 Å². The standard InChI is InChI=1S/C42H29N3.C2H6/c1-2-8-34(27-43)29-16-14-28(15-17-29)31-18-21-36-32(25-31)19-23-38-37-22-20-33(39-12-5-6-24-44-39)26-41(37)45(42(36)38)40-13-7-10-30-9-3-4-11-35(30)40;1-2/h2-18,20-22,24-27,39,43-44H,1H2;1-2H3/b34-8+,43-27?;. The van der Waals surface area contributed by atoms with Crippen molar-refractivity contribution in [3.05, 3.63) is 170 Å². The number of hydrogen-bond acceptors (Lipinski definition) is 2. The predicted molar refractivity (Wildman–Crippen MR) is 201 cm³/mol. The molecule has 0 saturated carbocycles. The Balaban J connectivity index is 0.00000172. The van der Waals surface area contributed by atoms with Crippen molar-refractivity contribution in [1.29, 1.82) is 5.41 Å². The maximum Gasteiger partial charge on any atom is 0.0710 e. The Morgan fingerprint density at radius 2 is 1.60 bits per heavy atom. The smallest absolute Gasteiger partial charge is 0.0710 e. The van der Waals surface area contributed by atoms with Crippen LogP contribution in [0, 0.1) is 17.5 Å². The van der Waals surface area contributed by atoms with Gasteiger partial charge in [-0.15, -0.1) is 0 Å². The van der Waals surface area contributed by atoms with Crippen LogP contribution in [0.1, 0.15) is 31.0 Å². The summed E-state index contributed by atoms with van der Waals surface area (Å²) in [5, 5.41) is 18.0. The maximum atomic E-state index is 7.74. The molecular weight excluding hydrogens is 571 g/mol. The molecular formula is C44H35N3.